The average Bonchev–Trinajstić information content (AvgIpc) is 3.34. The fourth-order valence-corrected chi connectivity index (χ4v) is 4.60. The van der Waals surface area contributed by atoms with Gasteiger partial charge >= 0.3 is 0 Å². The van der Waals surface area contributed by atoms with Crippen LogP contribution in [0.5, 0.6) is 0 Å². The Bertz CT molecular complexity index is 815. The number of aromatic nitrogens is 6. The zero-order valence-electron chi connectivity index (χ0n) is 20.3. The Morgan fingerprint density at radius 3 is 2.71 bits per heavy atom. The van der Waals surface area contributed by atoms with E-state index in [-0.39, 0.29) is 0 Å². The van der Waals surface area contributed by atoms with Crippen LogP contribution in [0.15, 0.2) is 12.3 Å². The molecule has 2 aliphatic rings. The third-order valence-corrected chi connectivity index (χ3v) is 6.53. The fourth-order valence-electron chi connectivity index (χ4n) is 4.60. The fraction of sp³-hybridized carbons (Fsp3) is 0.783. The zero-order valence-corrected chi connectivity index (χ0v) is 20.3. The maximum atomic E-state index is 4.56. The smallest absolute Gasteiger partial charge is 0.224 e. The van der Waals surface area contributed by atoms with Crippen molar-refractivity contribution in [2.45, 2.75) is 83.0 Å². The number of tetrazole rings is 1. The normalized spacial score (nSPS) is 17.6. The van der Waals surface area contributed by atoms with Crippen molar-refractivity contribution in [2.75, 3.05) is 43.4 Å². The third kappa shape index (κ3) is 8.77. The largest absolute Gasteiger partial charge is 0.367 e. The number of piperidine rings is 1. The molecule has 2 aromatic rings. The number of aryl methyl sites for hydroxylation is 1. The summed E-state index contributed by atoms with van der Waals surface area (Å²) in [5.41, 5.74) is 0. The van der Waals surface area contributed by atoms with Crippen LogP contribution in [0.3, 0.4) is 0 Å². The van der Waals surface area contributed by atoms with Crippen molar-refractivity contribution in [2.24, 2.45) is 0 Å². The molecule has 1 saturated heterocycles. The van der Waals surface area contributed by atoms with E-state index in [1.807, 2.05) is 6.07 Å². The number of anilines is 2. The average molecular weight is 472 g/mol. The molecule has 3 heterocycles. The van der Waals surface area contributed by atoms with Crippen LogP contribution < -0.4 is 26.6 Å². The van der Waals surface area contributed by atoms with Crippen molar-refractivity contribution in [1.29, 1.82) is 0 Å². The molecule has 34 heavy (non-hydrogen) atoms. The van der Waals surface area contributed by atoms with Crippen LogP contribution in [0, 0.1) is 0 Å². The predicted molar refractivity (Wildman–Crippen MR) is 134 cm³/mol. The summed E-state index contributed by atoms with van der Waals surface area (Å²) in [6, 6.07) is 3.11. The summed E-state index contributed by atoms with van der Waals surface area (Å²) in [5, 5.41) is 30.0. The molecule has 2 aromatic heterocycles. The monoisotopic (exact) mass is 471 g/mol. The molecule has 5 N–H and O–H groups in total. The van der Waals surface area contributed by atoms with Crippen LogP contribution in [0.25, 0.3) is 0 Å². The van der Waals surface area contributed by atoms with Gasteiger partial charge < -0.3 is 26.6 Å². The van der Waals surface area contributed by atoms with Gasteiger partial charge in [-0.3, -0.25) is 0 Å². The lowest BCUT2D eigenvalue weighted by Crippen LogP contribution is -2.35. The van der Waals surface area contributed by atoms with E-state index in [2.05, 4.69) is 52.0 Å². The first-order chi connectivity index (χ1) is 16.8. The molecule has 0 unspecified atom stereocenters. The zero-order chi connectivity index (χ0) is 23.3. The van der Waals surface area contributed by atoms with Gasteiger partial charge in [-0.1, -0.05) is 19.3 Å². The van der Waals surface area contributed by atoms with Crippen LogP contribution in [0.1, 0.15) is 63.6 Å². The van der Waals surface area contributed by atoms with E-state index in [0.717, 1.165) is 70.4 Å². The summed E-state index contributed by atoms with van der Waals surface area (Å²) in [5.74, 6) is 2.05. The SMILES string of the molecule is c1cc(NC2CCNCC2)nc(NCc2nnn(CCCNCCCNC3CCCCC3)n2)n1. The number of nitrogens with zero attached hydrogens (tertiary/aromatic N) is 6. The van der Waals surface area contributed by atoms with Gasteiger partial charge in [-0.25, -0.2) is 4.98 Å². The molecule has 0 atom stereocenters. The van der Waals surface area contributed by atoms with Gasteiger partial charge in [0.2, 0.25) is 5.95 Å². The van der Waals surface area contributed by atoms with Crippen LogP contribution in [0.2, 0.25) is 0 Å². The Labute approximate surface area is 202 Å². The first kappa shape index (κ1) is 24.7. The standard InChI is InChI=1S/C23H41N11/c1-2-6-19(7-3-1)26-13-4-11-24-12-5-17-34-32-22(31-33-34)18-28-23-27-16-10-21(30-23)29-20-8-14-25-15-9-20/h10,16,19-20,24-26H,1-9,11-15,17-18H2,(H2,27,28,29,30). The highest BCUT2D eigenvalue weighted by Crippen LogP contribution is 2.17. The van der Waals surface area contributed by atoms with Gasteiger partial charge in [0.15, 0.2) is 5.82 Å². The molecule has 0 spiro atoms. The minimum absolute atomic E-state index is 0.447. The summed E-state index contributed by atoms with van der Waals surface area (Å²) >= 11 is 0. The summed E-state index contributed by atoms with van der Waals surface area (Å²) < 4.78 is 0. The van der Waals surface area contributed by atoms with E-state index in [0.29, 0.717) is 24.4 Å². The quantitative estimate of drug-likeness (QED) is 0.259. The maximum absolute atomic E-state index is 4.56. The molecular weight excluding hydrogens is 430 g/mol. The second-order valence-corrected chi connectivity index (χ2v) is 9.34. The van der Waals surface area contributed by atoms with E-state index >= 15 is 0 Å². The van der Waals surface area contributed by atoms with Crippen molar-refractivity contribution in [1.82, 2.24) is 46.1 Å². The maximum Gasteiger partial charge on any atom is 0.224 e. The Morgan fingerprint density at radius 2 is 1.82 bits per heavy atom. The molecule has 1 aliphatic heterocycles. The van der Waals surface area contributed by atoms with Crippen molar-refractivity contribution in [3.63, 3.8) is 0 Å². The Morgan fingerprint density at radius 1 is 0.971 bits per heavy atom. The van der Waals surface area contributed by atoms with Crippen LogP contribution >= 0.6 is 0 Å². The van der Waals surface area contributed by atoms with Gasteiger partial charge in [-0.05, 0) is 82.5 Å². The van der Waals surface area contributed by atoms with Crippen LogP contribution in [-0.2, 0) is 13.1 Å². The lowest BCUT2D eigenvalue weighted by atomic mass is 9.95. The third-order valence-electron chi connectivity index (χ3n) is 6.53. The minimum atomic E-state index is 0.447. The van der Waals surface area contributed by atoms with E-state index in [1.54, 1.807) is 11.0 Å². The topological polar surface area (TPSA) is 130 Å². The van der Waals surface area contributed by atoms with E-state index in [4.69, 9.17) is 0 Å². The van der Waals surface area contributed by atoms with Gasteiger partial charge in [0.05, 0.1) is 13.1 Å². The number of nitrogens with one attached hydrogen (secondary N) is 5. The number of hydrogen-bond donors (Lipinski definition) is 5. The molecule has 2 fully saturated rings. The van der Waals surface area contributed by atoms with E-state index in [9.17, 15) is 0 Å². The molecule has 1 saturated carbocycles. The van der Waals surface area contributed by atoms with Gasteiger partial charge in [-0.2, -0.15) is 9.78 Å². The van der Waals surface area contributed by atoms with Crippen LogP contribution in [0.4, 0.5) is 11.8 Å². The first-order valence-electron chi connectivity index (χ1n) is 13.1. The van der Waals surface area contributed by atoms with E-state index in [1.165, 1.54) is 38.5 Å². The molecule has 11 nitrogen and oxygen atoms in total. The van der Waals surface area contributed by atoms with E-state index < -0.39 is 0 Å². The predicted octanol–water partition coefficient (Wildman–Crippen LogP) is 1.53. The second-order valence-electron chi connectivity index (χ2n) is 9.34. The highest BCUT2D eigenvalue weighted by atomic mass is 15.6. The van der Waals surface area contributed by atoms with Crippen molar-refractivity contribution < 1.29 is 0 Å². The summed E-state index contributed by atoms with van der Waals surface area (Å²) in [7, 11) is 0. The molecular formula is C23H41N11. The molecule has 0 aromatic carbocycles. The van der Waals surface area contributed by atoms with Crippen molar-refractivity contribution in [3.8, 4) is 0 Å². The lowest BCUT2D eigenvalue weighted by molar-refractivity contribution is 0.370. The molecule has 1 aliphatic carbocycles. The Hall–Kier alpha value is -2.37. The van der Waals surface area contributed by atoms with Crippen LogP contribution in [-0.4, -0.2) is 75.0 Å². The molecule has 11 heteroatoms. The molecule has 0 bridgehead atoms. The summed E-state index contributed by atoms with van der Waals surface area (Å²) in [6.07, 6.45) is 13.0. The number of hydrogen-bond acceptors (Lipinski definition) is 10. The summed E-state index contributed by atoms with van der Waals surface area (Å²) in [6.45, 7) is 6.41. The van der Waals surface area contributed by atoms with Gasteiger partial charge in [0.25, 0.3) is 0 Å². The van der Waals surface area contributed by atoms with Gasteiger partial charge in [0.1, 0.15) is 5.82 Å². The van der Waals surface area contributed by atoms with Crippen molar-refractivity contribution in [3.05, 3.63) is 18.1 Å². The molecule has 0 amide bonds. The van der Waals surface area contributed by atoms with Crippen molar-refractivity contribution >= 4 is 11.8 Å². The lowest BCUT2D eigenvalue weighted by Gasteiger charge is -2.24. The van der Waals surface area contributed by atoms with Gasteiger partial charge in [0, 0.05) is 18.3 Å². The van der Waals surface area contributed by atoms with Gasteiger partial charge in [-0.15, -0.1) is 10.2 Å². The molecule has 0 radical (unpaired) electrons. The number of rotatable bonds is 14. The Balaban J connectivity index is 1.06. The Kier molecular flexibility index (Phi) is 10.3. The molecule has 188 valence electrons. The highest BCUT2D eigenvalue weighted by Gasteiger charge is 2.14. The molecule has 4 rings (SSSR count). The minimum Gasteiger partial charge on any atom is -0.367 e. The summed E-state index contributed by atoms with van der Waals surface area (Å²) in [4.78, 5) is 10.5. The highest BCUT2D eigenvalue weighted by molar-refractivity contribution is 5.40. The second kappa shape index (κ2) is 14.1. The first-order valence-corrected chi connectivity index (χ1v) is 13.1.